The maximum Gasteiger partial charge on any atom is 0.260 e. The number of thioether (sulfide) groups is 1. The van der Waals surface area contributed by atoms with Crippen LogP contribution in [0.2, 0.25) is 0 Å². The first-order chi connectivity index (χ1) is 16.7. The van der Waals surface area contributed by atoms with Crippen molar-refractivity contribution in [2.75, 3.05) is 50.5 Å². The maximum absolute atomic E-state index is 13.7. The summed E-state index contributed by atoms with van der Waals surface area (Å²) in [6.07, 6.45) is 2.07. The van der Waals surface area contributed by atoms with E-state index in [0.29, 0.717) is 12.1 Å². The lowest BCUT2D eigenvalue weighted by Gasteiger charge is -2.29. The molecule has 0 aliphatic carbocycles. The summed E-state index contributed by atoms with van der Waals surface area (Å²) in [5.41, 5.74) is 3.84. The Bertz CT molecular complexity index is 1250. The van der Waals surface area contributed by atoms with Gasteiger partial charge < -0.3 is 4.74 Å². The Morgan fingerprint density at radius 2 is 1.76 bits per heavy atom. The molecule has 1 aromatic heterocycles. The van der Waals surface area contributed by atoms with Crippen LogP contribution in [0.5, 0.6) is 0 Å². The second kappa shape index (κ2) is 10.7. The predicted molar refractivity (Wildman–Crippen MR) is 142 cm³/mol. The average Bonchev–Trinajstić information content (AvgIpc) is 3.33. The highest BCUT2D eigenvalue weighted by molar-refractivity contribution is 7.98. The van der Waals surface area contributed by atoms with Gasteiger partial charge in [-0.2, -0.15) is 0 Å². The first kappa shape index (κ1) is 23.1. The second-order valence-electron chi connectivity index (χ2n) is 8.18. The van der Waals surface area contributed by atoms with Gasteiger partial charge in [-0.15, -0.1) is 11.8 Å². The fourth-order valence-electron chi connectivity index (χ4n) is 4.08. The minimum absolute atomic E-state index is 0.0167. The SMILES string of the molecule is CSc1ccc2nc(N(CCN3CCOCC3)C(=O)c3ccc(-c4ccccc4)cc3)sc2c1. The summed E-state index contributed by atoms with van der Waals surface area (Å²) in [6.45, 7) is 4.66. The molecule has 0 unspecified atom stereocenters. The van der Waals surface area contributed by atoms with E-state index in [2.05, 4.69) is 35.4 Å². The summed E-state index contributed by atoms with van der Waals surface area (Å²) in [5.74, 6) is -0.0167. The molecule has 0 saturated carbocycles. The number of hydrogen-bond donors (Lipinski definition) is 0. The number of hydrogen-bond acceptors (Lipinski definition) is 6. The molecular formula is C27H27N3O2S2. The van der Waals surface area contributed by atoms with Crippen LogP contribution in [0.15, 0.2) is 77.7 Å². The Morgan fingerprint density at radius 1 is 1.03 bits per heavy atom. The lowest BCUT2D eigenvalue weighted by Crippen LogP contribution is -2.43. The summed E-state index contributed by atoms with van der Waals surface area (Å²) in [5, 5.41) is 0.749. The lowest BCUT2D eigenvalue weighted by atomic mass is 10.0. The number of carbonyl (C=O) groups is 1. The van der Waals surface area contributed by atoms with Gasteiger partial charge >= 0.3 is 0 Å². The number of morpholine rings is 1. The summed E-state index contributed by atoms with van der Waals surface area (Å²) in [7, 11) is 0. The molecule has 1 aliphatic rings. The van der Waals surface area contributed by atoms with E-state index < -0.39 is 0 Å². The van der Waals surface area contributed by atoms with E-state index >= 15 is 0 Å². The first-order valence-electron chi connectivity index (χ1n) is 11.4. The van der Waals surface area contributed by atoms with Crippen molar-refractivity contribution in [1.29, 1.82) is 0 Å². The number of rotatable bonds is 7. The van der Waals surface area contributed by atoms with Gasteiger partial charge in [-0.3, -0.25) is 14.6 Å². The largest absolute Gasteiger partial charge is 0.379 e. The van der Waals surface area contributed by atoms with Crippen molar-refractivity contribution in [3.8, 4) is 11.1 Å². The van der Waals surface area contributed by atoms with E-state index in [1.165, 1.54) is 4.90 Å². The molecule has 1 fully saturated rings. The lowest BCUT2D eigenvalue weighted by molar-refractivity contribution is 0.0391. The van der Waals surface area contributed by atoms with Gasteiger partial charge in [-0.25, -0.2) is 4.98 Å². The molecule has 1 amide bonds. The number of aromatic nitrogens is 1. The molecule has 5 nitrogen and oxygen atoms in total. The zero-order chi connectivity index (χ0) is 23.3. The Balaban J connectivity index is 1.42. The zero-order valence-corrected chi connectivity index (χ0v) is 20.8. The molecule has 4 aromatic rings. The van der Waals surface area contributed by atoms with E-state index in [0.717, 1.165) is 59.3 Å². The van der Waals surface area contributed by atoms with Crippen molar-refractivity contribution < 1.29 is 9.53 Å². The molecule has 5 rings (SSSR count). The third kappa shape index (κ3) is 5.18. The fourth-order valence-corrected chi connectivity index (χ4v) is 5.62. The molecule has 3 aromatic carbocycles. The zero-order valence-electron chi connectivity index (χ0n) is 19.1. The first-order valence-corrected chi connectivity index (χ1v) is 13.5. The van der Waals surface area contributed by atoms with Crippen LogP contribution >= 0.6 is 23.1 Å². The third-order valence-electron chi connectivity index (χ3n) is 6.04. The monoisotopic (exact) mass is 489 g/mol. The quantitative estimate of drug-likeness (QED) is 0.313. The van der Waals surface area contributed by atoms with E-state index in [4.69, 9.17) is 9.72 Å². The van der Waals surface area contributed by atoms with Gasteiger partial charge in [0.15, 0.2) is 5.13 Å². The van der Waals surface area contributed by atoms with Crippen molar-refractivity contribution in [2.45, 2.75) is 4.90 Å². The van der Waals surface area contributed by atoms with Crippen LogP contribution in [0.1, 0.15) is 10.4 Å². The van der Waals surface area contributed by atoms with E-state index in [1.807, 2.05) is 53.4 Å². The van der Waals surface area contributed by atoms with Crippen LogP contribution in [-0.2, 0) is 4.74 Å². The van der Waals surface area contributed by atoms with E-state index in [9.17, 15) is 4.79 Å². The van der Waals surface area contributed by atoms with Crippen LogP contribution < -0.4 is 4.90 Å². The number of ether oxygens (including phenoxy) is 1. The van der Waals surface area contributed by atoms with Crippen molar-refractivity contribution in [1.82, 2.24) is 9.88 Å². The molecule has 1 saturated heterocycles. The summed E-state index contributed by atoms with van der Waals surface area (Å²) >= 11 is 3.29. The Labute approximate surface area is 208 Å². The predicted octanol–water partition coefficient (Wildman–Crippen LogP) is 5.66. The smallest absolute Gasteiger partial charge is 0.260 e. The third-order valence-corrected chi connectivity index (χ3v) is 7.81. The molecule has 0 N–H and O–H groups in total. The normalized spacial score (nSPS) is 14.4. The average molecular weight is 490 g/mol. The Hall–Kier alpha value is -2.71. The highest BCUT2D eigenvalue weighted by Gasteiger charge is 2.23. The summed E-state index contributed by atoms with van der Waals surface area (Å²) in [6, 6.07) is 24.4. The van der Waals surface area contributed by atoms with Crippen molar-refractivity contribution in [3.05, 3.63) is 78.4 Å². The van der Waals surface area contributed by atoms with Gasteiger partial charge in [0.25, 0.3) is 5.91 Å². The van der Waals surface area contributed by atoms with Gasteiger partial charge in [0.1, 0.15) is 0 Å². The van der Waals surface area contributed by atoms with E-state index in [-0.39, 0.29) is 5.91 Å². The van der Waals surface area contributed by atoms with Gasteiger partial charge in [0.2, 0.25) is 0 Å². The number of fused-ring (bicyclic) bond motifs is 1. The Morgan fingerprint density at radius 3 is 2.50 bits per heavy atom. The van der Waals surface area contributed by atoms with Gasteiger partial charge in [0.05, 0.1) is 23.4 Å². The number of thiazole rings is 1. The van der Waals surface area contributed by atoms with E-state index in [1.54, 1.807) is 23.1 Å². The van der Waals surface area contributed by atoms with Crippen LogP contribution in [0.4, 0.5) is 5.13 Å². The van der Waals surface area contributed by atoms with Gasteiger partial charge in [-0.05, 0) is 47.7 Å². The molecule has 0 bridgehead atoms. The number of nitrogens with zero attached hydrogens (tertiary/aromatic N) is 3. The molecule has 0 radical (unpaired) electrons. The molecule has 2 heterocycles. The number of amides is 1. The minimum Gasteiger partial charge on any atom is -0.379 e. The molecule has 0 atom stereocenters. The van der Waals surface area contributed by atoms with Gasteiger partial charge in [0, 0.05) is 36.6 Å². The minimum atomic E-state index is -0.0167. The molecular weight excluding hydrogens is 462 g/mol. The van der Waals surface area contributed by atoms with Crippen LogP contribution in [0.3, 0.4) is 0 Å². The van der Waals surface area contributed by atoms with Crippen LogP contribution in [0.25, 0.3) is 21.3 Å². The topological polar surface area (TPSA) is 45.7 Å². The summed E-state index contributed by atoms with van der Waals surface area (Å²) in [4.78, 5) is 23.9. The summed E-state index contributed by atoms with van der Waals surface area (Å²) < 4.78 is 6.59. The number of carbonyl (C=O) groups excluding carboxylic acids is 1. The molecule has 7 heteroatoms. The second-order valence-corrected chi connectivity index (χ2v) is 10.1. The van der Waals surface area contributed by atoms with Crippen LogP contribution in [0, 0.1) is 0 Å². The fraction of sp³-hybridized carbons (Fsp3) is 0.259. The molecule has 34 heavy (non-hydrogen) atoms. The van der Waals surface area contributed by atoms with Crippen molar-refractivity contribution in [3.63, 3.8) is 0 Å². The Kier molecular flexibility index (Phi) is 7.25. The van der Waals surface area contributed by atoms with Crippen molar-refractivity contribution in [2.24, 2.45) is 0 Å². The number of anilines is 1. The molecule has 174 valence electrons. The van der Waals surface area contributed by atoms with Crippen LogP contribution in [-0.4, -0.2) is 61.4 Å². The highest BCUT2D eigenvalue weighted by Crippen LogP contribution is 2.32. The highest BCUT2D eigenvalue weighted by atomic mass is 32.2. The molecule has 0 spiro atoms. The maximum atomic E-state index is 13.7. The van der Waals surface area contributed by atoms with Gasteiger partial charge in [-0.1, -0.05) is 53.8 Å². The molecule has 1 aliphatic heterocycles. The standard InChI is InChI=1S/C27H27N3O2S2/c1-33-23-11-12-24-25(19-23)34-27(28-24)30(14-13-29-15-17-32-18-16-29)26(31)22-9-7-21(8-10-22)20-5-3-2-4-6-20/h2-12,19H,13-18H2,1H3. The van der Waals surface area contributed by atoms with Crippen molar-refractivity contribution >= 4 is 44.4 Å². The number of benzene rings is 3.